The van der Waals surface area contributed by atoms with Crippen molar-refractivity contribution in [3.63, 3.8) is 0 Å². The molecule has 3 amide bonds. The number of carbonyl (C=O) groups excluding carboxylic acids is 2. The van der Waals surface area contributed by atoms with E-state index in [0.717, 1.165) is 4.31 Å². The van der Waals surface area contributed by atoms with Crippen LogP contribution in [-0.4, -0.2) is 93.3 Å². The van der Waals surface area contributed by atoms with Gasteiger partial charge in [-0.05, 0) is 49.6 Å². The van der Waals surface area contributed by atoms with Crippen LogP contribution in [0.4, 0.5) is 14.9 Å². The van der Waals surface area contributed by atoms with Crippen LogP contribution in [0.3, 0.4) is 0 Å². The number of ether oxygens (including phenoxy) is 2. The first-order valence-electron chi connectivity index (χ1n) is 12.9. The third-order valence-electron chi connectivity index (χ3n) is 6.72. The second-order valence-corrected chi connectivity index (χ2v) is 11.5. The molecule has 39 heavy (non-hydrogen) atoms. The second-order valence-electron chi connectivity index (χ2n) is 9.23. The van der Waals surface area contributed by atoms with Crippen molar-refractivity contribution in [3.8, 4) is 5.75 Å². The molecule has 1 saturated heterocycles. The molecule has 1 aliphatic heterocycles. The Morgan fingerprint density at radius 1 is 1.10 bits per heavy atom. The van der Waals surface area contributed by atoms with E-state index in [1.165, 1.54) is 33.3 Å². The van der Waals surface area contributed by atoms with E-state index >= 15 is 0 Å². The molecular weight excluding hydrogens is 527 g/mol. The molecular formula is C27H37FN4O6S. The number of urea groups is 1. The predicted molar refractivity (Wildman–Crippen MR) is 146 cm³/mol. The molecule has 1 heterocycles. The molecule has 2 aromatic carbocycles. The van der Waals surface area contributed by atoms with Crippen LogP contribution in [0.2, 0.25) is 0 Å². The molecule has 1 aliphatic rings. The minimum Gasteiger partial charge on any atom is -0.495 e. The topological polar surface area (TPSA) is 108 Å². The van der Waals surface area contributed by atoms with Gasteiger partial charge in [-0.15, -0.1) is 0 Å². The number of nitrogens with zero attached hydrogens (tertiary/aromatic N) is 3. The summed E-state index contributed by atoms with van der Waals surface area (Å²) >= 11 is 0. The summed E-state index contributed by atoms with van der Waals surface area (Å²) in [5.74, 6) is -0.400. The number of anilines is 1. The Labute approximate surface area is 229 Å². The molecule has 1 fully saturated rings. The summed E-state index contributed by atoms with van der Waals surface area (Å²) < 4.78 is 50.7. The Balaban J connectivity index is 1.74. The van der Waals surface area contributed by atoms with Crippen LogP contribution in [-0.2, 0) is 26.1 Å². The summed E-state index contributed by atoms with van der Waals surface area (Å²) in [4.78, 5) is 29.8. The van der Waals surface area contributed by atoms with Gasteiger partial charge in [-0.2, -0.15) is 4.31 Å². The van der Waals surface area contributed by atoms with Crippen LogP contribution in [0.15, 0.2) is 48.5 Å². The predicted octanol–water partition coefficient (Wildman–Crippen LogP) is 3.16. The summed E-state index contributed by atoms with van der Waals surface area (Å²) in [6.45, 7) is 2.28. The number of piperidine rings is 1. The highest BCUT2D eigenvalue weighted by molar-refractivity contribution is 7.89. The van der Waals surface area contributed by atoms with E-state index in [1.807, 2.05) is 6.07 Å². The molecule has 1 N–H and O–H groups in total. The summed E-state index contributed by atoms with van der Waals surface area (Å²) in [7, 11) is -0.657. The van der Waals surface area contributed by atoms with Gasteiger partial charge >= 0.3 is 6.03 Å². The highest BCUT2D eigenvalue weighted by Gasteiger charge is 2.32. The number of para-hydroxylation sites is 2. The number of carbonyl (C=O) groups is 2. The van der Waals surface area contributed by atoms with Crippen molar-refractivity contribution >= 4 is 27.6 Å². The Hall–Kier alpha value is -3.22. The van der Waals surface area contributed by atoms with Crippen molar-refractivity contribution in [2.24, 2.45) is 0 Å². The van der Waals surface area contributed by atoms with Gasteiger partial charge in [0.2, 0.25) is 15.9 Å². The standard InChI is InChI=1S/C27H37FN4O6S/c1-4-39(35,36)31(16-17-37-2)20-26(33)32(19-21-8-7-9-22(28)18-21)23-12-14-30(15-13-23)27(34)29-24-10-5-6-11-25(24)38-3/h5-11,18,23H,4,12-17,19-20H2,1-3H3,(H,29,34). The summed E-state index contributed by atoms with van der Waals surface area (Å²) in [5.41, 5.74) is 1.16. The smallest absolute Gasteiger partial charge is 0.321 e. The lowest BCUT2D eigenvalue weighted by atomic mass is 10.0. The lowest BCUT2D eigenvalue weighted by Crippen LogP contribution is -2.52. The van der Waals surface area contributed by atoms with E-state index in [4.69, 9.17) is 9.47 Å². The number of hydrogen-bond acceptors (Lipinski definition) is 6. The maximum atomic E-state index is 13.9. The van der Waals surface area contributed by atoms with Crippen LogP contribution >= 0.6 is 0 Å². The van der Waals surface area contributed by atoms with Gasteiger partial charge in [0, 0.05) is 39.3 Å². The number of benzene rings is 2. The minimum atomic E-state index is -3.65. The molecule has 0 radical (unpaired) electrons. The van der Waals surface area contributed by atoms with Gasteiger partial charge < -0.3 is 24.6 Å². The fourth-order valence-electron chi connectivity index (χ4n) is 4.51. The molecule has 0 aliphatic carbocycles. The molecule has 0 spiro atoms. The summed E-state index contributed by atoms with van der Waals surface area (Å²) in [6.07, 6.45) is 0.970. The van der Waals surface area contributed by atoms with Gasteiger partial charge in [-0.25, -0.2) is 17.6 Å². The number of halogens is 1. The Morgan fingerprint density at radius 2 is 1.82 bits per heavy atom. The monoisotopic (exact) mass is 564 g/mol. The van der Waals surface area contributed by atoms with Gasteiger partial charge in [0.05, 0.1) is 31.7 Å². The first-order chi connectivity index (χ1) is 18.7. The fourth-order valence-corrected chi connectivity index (χ4v) is 5.53. The van der Waals surface area contributed by atoms with Gasteiger partial charge in [0.1, 0.15) is 11.6 Å². The van der Waals surface area contributed by atoms with E-state index in [9.17, 15) is 22.4 Å². The van der Waals surface area contributed by atoms with Gasteiger partial charge in [0.15, 0.2) is 0 Å². The fraction of sp³-hybridized carbons (Fsp3) is 0.481. The maximum Gasteiger partial charge on any atom is 0.321 e. The zero-order valence-corrected chi connectivity index (χ0v) is 23.5. The zero-order valence-electron chi connectivity index (χ0n) is 22.6. The van der Waals surface area contributed by atoms with Gasteiger partial charge in [0.25, 0.3) is 0 Å². The van der Waals surface area contributed by atoms with Crippen LogP contribution in [0.1, 0.15) is 25.3 Å². The van der Waals surface area contributed by atoms with E-state index in [-0.39, 0.29) is 50.0 Å². The quantitative estimate of drug-likeness (QED) is 0.424. The van der Waals surface area contributed by atoms with E-state index in [2.05, 4.69) is 5.32 Å². The van der Waals surface area contributed by atoms with Crippen molar-refractivity contribution in [1.82, 2.24) is 14.1 Å². The summed E-state index contributed by atoms with van der Waals surface area (Å²) in [5, 5.41) is 2.87. The molecule has 0 saturated carbocycles. The molecule has 3 rings (SSSR count). The average Bonchev–Trinajstić information content (AvgIpc) is 2.94. The number of hydrogen-bond donors (Lipinski definition) is 1. The van der Waals surface area contributed by atoms with Crippen LogP contribution < -0.4 is 10.1 Å². The molecule has 0 bridgehead atoms. The van der Waals surface area contributed by atoms with Gasteiger partial charge in [-0.3, -0.25) is 4.79 Å². The number of amides is 3. The lowest BCUT2D eigenvalue weighted by Gasteiger charge is -2.39. The number of likely N-dealkylation sites (tertiary alicyclic amines) is 1. The first-order valence-corrected chi connectivity index (χ1v) is 14.5. The van der Waals surface area contributed by atoms with Crippen molar-refractivity contribution < 1.29 is 31.9 Å². The highest BCUT2D eigenvalue weighted by atomic mass is 32.2. The highest BCUT2D eigenvalue weighted by Crippen LogP contribution is 2.25. The number of rotatable bonds is 12. The molecule has 0 unspecified atom stereocenters. The molecule has 214 valence electrons. The summed E-state index contributed by atoms with van der Waals surface area (Å²) in [6, 6.07) is 12.6. The number of methoxy groups -OCH3 is 2. The third-order valence-corrected chi connectivity index (χ3v) is 8.55. The number of nitrogens with one attached hydrogen (secondary N) is 1. The molecule has 0 atom stereocenters. The Bertz CT molecular complexity index is 1220. The largest absolute Gasteiger partial charge is 0.495 e. The Morgan fingerprint density at radius 3 is 2.46 bits per heavy atom. The maximum absolute atomic E-state index is 13.9. The molecule has 10 nitrogen and oxygen atoms in total. The van der Waals surface area contributed by atoms with Crippen LogP contribution in [0, 0.1) is 5.82 Å². The van der Waals surface area contributed by atoms with Crippen molar-refractivity contribution in [2.75, 3.05) is 58.1 Å². The molecule has 0 aromatic heterocycles. The second kappa shape index (κ2) is 14.2. The van der Waals surface area contributed by atoms with Crippen molar-refractivity contribution in [3.05, 3.63) is 59.9 Å². The van der Waals surface area contributed by atoms with E-state index < -0.39 is 15.8 Å². The van der Waals surface area contributed by atoms with Crippen molar-refractivity contribution in [2.45, 2.75) is 32.4 Å². The molecule has 12 heteroatoms. The van der Waals surface area contributed by atoms with Crippen molar-refractivity contribution in [1.29, 1.82) is 0 Å². The zero-order chi connectivity index (χ0) is 28.4. The minimum absolute atomic E-state index is 0.0494. The number of sulfonamides is 1. The van der Waals surface area contributed by atoms with Crippen LogP contribution in [0.5, 0.6) is 5.75 Å². The van der Waals surface area contributed by atoms with E-state index in [0.29, 0.717) is 42.9 Å². The van der Waals surface area contributed by atoms with Gasteiger partial charge in [-0.1, -0.05) is 24.3 Å². The third kappa shape index (κ3) is 8.38. The van der Waals surface area contributed by atoms with E-state index in [1.54, 1.807) is 40.1 Å². The SMILES string of the molecule is CCS(=O)(=O)N(CCOC)CC(=O)N(Cc1cccc(F)c1)C1CCN(C(=O)Nc2ccccc2OC)CC1. The average molecular weight is 565 g/mol. The van der Waals surface area contributed by atoms with Crippen LogP contribution in [0.25, 0.3) is 0 Å². The molecule has 2 aromatic rings. The first kappa shape index (κ1) is 30.3. The normalized spacial score (nSPS) is 14.3. The Kier molecular flexibility index (Phi) is 11.1. The lowest BCUT2D eigenvalue weighted by molar-refractivity contribution is -0.135.